The summed E-state index contributed by atoms with van der Waals surface area (Å²) in [5.74, 6) is 2.91. The maximum atomic E-state index is 4.72. The predicted molar refractivity (Wildman–Crippen MR) is 81.9 cm³/mol. The molecule has 1 saturated heterocycles. The van der Waals surface area contributed by atoms with Gasteiger partial charge in [0.15, 0.2) is 0 Å². The molecule has 5 heteroatoms. The SMILES string of the molecule is CC(C)C1CN(c2nc(C(C)(C)C)ns2)CCS1. The minimum atomic E-state index is 0.0523. The van der Waals surface area contributed by atoms with Crippen molar-refractivity contribution in [2.24, 2.45) is 5.92 Å². The second-order valence-electron chi connectivity index (χ2n) is 6.25. The molecule has 102 valence electrons. The quantitative estimate of drug-likeness (QED) is 0.832. The van der Waals surface area contributed by atoms with Crippen molar-refractivity contribution in [2.75, 3.05) is 23.7 Å². The summed E-state index contributed by atoms with van der Waals surface area (Å²) in [4.78, 5) is 7.13. The van der Waals surface area contributed by atoms with Crippen LogP contribution < -0.4 is 4.90 Å². The van der Waals surface area contributed by atoms with E-state index in [-0.39, 0.29) is 5.41 Å². The van der Waals surface area contributed by atoms with Crippen molar-refractivity contribution in [3.05, 3.63) is 5.82 Å². The Bertz CT molecular complexity index is 395. The Morgan fingerprint density at radius 3 is 2.61 bits per heavy atom. The van der Waals surface area contributed by atoms with Gasteiger partial charge in [-0.15, -0.1) is 0 Å². The number of thioether (sulfide) groups is 1. The lowest BCUT2D eigenvalue weighted by Crippen LogP contribution is -2.40. The molecule has 18 heavy (non-hydrogen) atoms. The van der Waals surface area contributed by atoms with E-state index in [1.807, 2.05) is 0 Å². The van der Waals surface area contributed by atoms with Gasteiger partial charge in [-0.25, -0.2) is 4.98 Å². The van der Waals surface area contributed by atoms with Gasteiger partial charge in [-0.1, -0.05) is 34.6 Å². The van der Waals surface area contributed by atoms with Gasteiger partial charge in [0.25, 0.3) is 0 Å². The average molecular weight is 285 g/mol. The van der Waals surface area contributed by atoms with Crippen LogP contribution in [0, 0.1) is 5.92 Å². The van der Waals surface area contributed by atoms with Gasteiger partial charge < -0.3 is 4.90 Å². The Hall–Kier alpha value is -0.290. The molecule has 1 aliphatic heterocycles. The molecule has 0 spiro atoms. The van der Waals surface area contributed by atoms with Crippen molar-refractivity contribution in [1.29, 1.82) is 0 Å². The summed E-state index contributed by atoms with van der Waals surface area (Å²) < 4.78 is 4.51. The minimum absolute atomic E-state index is 0.0523. The van der Waals surface area contributed by atoms with E-state index in [0.717, 1.165) is 35.2 Å². The highest BCUT2D eigenvalue weighted by Crippen LogP contribution is 2.31. The molecule has 0 amide bonds. The van der Waals surface area contributed by atoms with Crippen molar-refractivity contribution in [2.45, 2.75) is 45.3 Å². The molecule has 1 fully saturated rings. The van der Waals surface area contributed by atoms with Gasteiger partial charge in [0, 0.05) is 41.0 Å². The van der Waals surface area contributed by atoms with Gasteiger partial charge in [0.1, 0.15) is 5.82 Å². The molecular formula is C13H23N3S2. The van der Waals surface area contributed by atoms with E-state index in [4.69, 9.17) is 4.98 Å². The van der Waals surface area contributed by atoms with Gasteiger partial charge in [-0.3, -0.25) is 0 Å². The first kappa shape index (κ1) is 14.1. The standard InChI is InChI=1S/C13H23N3S2/c1-9(2)10-8-16(6-7-17-10)12-14-11(15-18-12)13(3,4)5/h9-10H,6-8H2,1-5H3. The van der Waals surface area contributed by atoms with Crippen LogP contribution in [0.4, 0.5) is 5.13 Å². The third-order valence-corrected chi connectivity index (χ3v) is 5.51. The number of hydrogen-bond acceptors (Lipinski definition) is 5. The van der Waals surface area contributed by atoms with E-state index in [9.17, 15) is 0 Å². The van der Waals surface area contributed by atoms with Crippen LogP contribution in [-0.2, 0) is 5.41 Å². The smallest absolute Gasteiger partial charge is 0.205 e. The Labute approximate surface area is 119 Å². The Kier molecular flexibility index (Phi) is 4.22. The summed E-state index contributed by atoms with van der Waals surface area (Å²) in [6.07, 6.45) is 0. The van der Waals surface area contributed by atoms with E-state index >= 15 is 0 Å². The Morgan fingerprint density at radius 2 is 2.06 bits per heavy atom. The molecule has 1 aromatic heterocycles. The lowest BCUT2D eigenvalue weighted by Gasteiger charge is -2.33. The van der Waals surface area contributed by atoms with Crippen molar-refractivity contribution in [3.8, 4) is 0 Å². The van der Waals surface area contributed by atoms with Gasteiger partial charge in [0.2, 0.25) is 5.13 Å². The summed E-state index contributed by atoms with van der Waals surface area (Å²) in [6, 6.07) is 0. The monoisotopic (exact) mass is 285 g/mol. The predicted octanol–water partition coefficient (Wildman–Crippen LogP) is 3.41. The molecule has 0 saturated carbocycles. The van der Waals surface area contributed by atoms with Crippen LogP contribution in [0.3, 0.4) is 0 Å². The average Bonchev–Trinajstić information content (AvgIpc) is 2.78. The fourth-order valence-electron chi connectivity index (χ4n) is 1.90. The Balaban J connectivity index is 2.09. The fourth-order valence-corrected chi connectivity index (χ4v) is 4.09. The topological polar surface area (TPSA) is 29.0 Å². The van der Waals surface area contributed by atoms with Crippen molar-refractivity contribution >= 4 is 28.4 Å². The number of rotatable bonds is 2. The molecule has 0 N–H and O–H groups in total. The minimum Gasteiger partial charge on any atom is -0.345 e. The van der Waals surface area contributed by atoms with Gasteiger partial charge in [-0.05, 0) is 5.92 Å². The molecule has 0 aliphatic carbocycles. The van der Waals surface area contributed by atoms with Crippen molar-refractivity contribution in [1.82, 2.24) is 9.36 Å². The first-order valence-corrected chi connectivity index (χ1v) is 8.41. The van der Waals surface area contributed by atoms with Crippen LogP contribution in [0.25, 0.3) is 0 Å². The molecular weight excluding hydrogens is 262 g/mol. The van der Waals surface area contributed by atoms with Crippen molar-refractivity contribution in [3.63, 3.8) is 0 Å². The number of hydrogen-bond donors (Lipinski definition) is 0. The second-order valence-corrected chi connectivity index (χ2v) is 8.33. The van der Waals surface area contributed by atoms with E-state index in [2.05, 4.69) is 55.7 Å². The summed E-state index contributed by atoms with van der Waals surface area (Å²) in [5.41, 5.74) is 0.0523. The van der Waals surface area contributed by atoms with Crippen LogP contribution >= 0.6 is 23.3 Å². The van der Waals surface area contributed by atoms with Gasteiger partial charge in [0.05, 0.1) is 0 Å². The van der Waals surface area contributed by atoms with Crippen molar-refractivity contribution < 1.29 is 0 Å². The highest BCUT2D eigenvalue weighted by atomic mass is 32.2. The van der Waals surface area contributed by atoms with Crippen LogP contribution in [0.2, 0.25) is 0 Å². The number of anilines is 1. The molecule has 2 rings (SSSR count). The molecule has 3 nitrogen and oxygen atoms in total. The van der Waals surface area contributed by atoms with Crippen LogP contribution in [0.5, 0.6) is 0 Å². The highest BCUT2D eigenvalue weighted by molar-refractivity contribution is 8.00. The molecule has 1 aromatic rings. The normalized spacial score (nSPS) is 21.7. The zero-order chi connectivity index (χ0) is 13.3. The zero-order valence-electron chi connectivity index (χ0n) is 11.9. The summed E-state index contributed by atoms with van der Waals surface area (Å²) in [5, 5.41) is 1.83. The highest BCUT2D eigenvalue weighted by Gasteiger charge is 2.27. The summed E-state index contributed by atoms with van der Waals surface area (Å²) >= 11 is 3.65. The number of nitrogens with zero attached hydrogens (tertiary/aromatic N) is 3. The van der Waals surface area contributed by atoms with E-state index < -0.39 is 0 Å². The van der Waals surface area contributed by atoms with Crippen LogP contribution in [0.1, 0.15) is 40.4 Å². The maximum Gasteiger partial charge on any atom is 0.205 e. The second kappa shape index (κ2) is 5.37. The van der Waals surface area contributed by atoms with Gasteiger partial charge in [-0.2, -0.15) is 16.1 Å². The molecule has 2 heterocycles. The van der Waals surface area contributed by atoms with Crippen LogP contribution in [0.15, 0.2) is 0 Å². The molecule has 0 bridgehead atoms. The lowest BCUT2D eigenvalue weighted by molar-refractivity contribution is 0.551. The third-order valence-electron chi connectivity index (χ3n) is 3.19. The number of aromatic nitrogens is 2. The fraction of sp³-hybridized carbons (Fsp3) is 0.846. The van der Waals surface area contributed by atoms with E-state index in [1.165, 1.54) is 5.75 Å². The molecule has 0 radical (unpaired) electrons. The van der Waals surface area contributed by atoms with Gasteiger partial charge >= 0.3 is 0 Å². The molecule has 1 aliphatic rings. The Morgan fingerprint density at radius 1 is 1.33 bits per heavy atom. The van der Waals surface area contributed by atoms with E-state index in [0.29, 0.717) is 0 Å². The van der Waals surface area contributed by atoms with E-state index in [1.54, 1.807) is 11.5 Å². The maximum absolute atomic E-state index is 4.72. The first-order valence-electron chi connectivity index (χ1n) is 6.58. The summed E-state index contributed by atoms with van der Waals surface area (Å²) in [6.45, 7) is 13.3. The third kappa shape index (κ3) is 3.18. The largest absolute Gasteiger partial charge is 0.345 e. The molecule has 1 unspecified atom stereocenters. The summed E-state index contributed by atoms with van der Waals surface area (Å²) in [7, 11) is 0. The van der Waals surface area contributed by atoms with Crippen LogP contribution in [-0.4, -0.2) is 33.4 Å². The molecule has 1 atom stereocenters. The lowest BCUT2D eigenvalue weighted by atomic mass is 9.96. The first-order chi connectivity index (χ1) is 8.38. The molecule has 0 aromatic carbocycles. The zero-order valence-corrected chi connectivity index (χ0v) is 13.6.